The van der Waals surface area contributed by atoms with E-state index in [0.29, 0.717) is 12.2 Å². The maximum absolute atomic E-state index is 14.6. The molecule has 5 nitrogen and oxygen atoms in total. The van der Waals surface area contributed by atoms with E-state index in [1.807, 2.05) is 36.0 Å². The number of imidazole rings is 1. The van der Waals surface area contributed by atoms with Crippen molar-refractivity contribution < 1.29 is 9.13 Å². The molecule has 2 aromatic carbocycles. The summed E-state index contributed by atoms with van der Waals surface area (Å²) < 4.78 is 22.7. The molecular formula is C24H29FN4O. The number of hydrogen-bond acceptors (Lipinski definition) is 4. The van der Waals surface area contributed by atoms with E-state index in [-0.39, 0.29) is 24.0 Å². The number of rotatable bonds is 7. The second-order valence-corrected chi connectivity index (χ2v) is 7.94. The van der Waals surface area contributed by atoms with Gasteiger partial charge in [-0.2, -0.15) is 0 Å². The quantitative estimate of drug-likeness (QED) is 0.650. The molecule has 4 rings (SSSR count). The Balaban J connectivity index is 1.49. The average Bonchev–Trinajstić information content (AvgIpc) is 3.19. The molecule has 2 heterocycles. The van der Waals surface area contributed by atoms with E-state index in [4.69, 9.17) is 4.74 Å². The summed E-state index contributed by atoms with van der Waals surface area (Å²) in [6.45, 7) is 5.44. The van der Waals surface area contributed by atoms with Crippen molar-refractivity contribution in [3.05, 3.63) is 89.8 Å². The Labute approximate surface area is 177 Å². The zero-order valence-corrected chi connectivity index (χ0v) is 17.5. The number of ether oxygens (including phenoxy) is 1. The highest BCUT2D eigenvalue weighted by molar-refractivity contribution is 5.27. The van der Waals surface area contributed by atoms with E-state index in [9.17, 15) is 4.39 Å². The molecule has 158 valence electrons. The van der Waals surface area contributed by atoms with E-state index in [0.717, 1.165) is 25.5 Å². The monoisotopic (exact) mass is 408 g/mol. The zero-order chi connectivity index (χ0) is 20.9. The van der Waals surface area contributed by atoms with Gasteiger partial charge in [0.15, 0.2) is 0 Å². The highest BCUT2D eigenvalue weighted by Gasteiger charge is 2.30. The molecule has 3 unspecified atom stereocenters. The first-order valence-corrected chi connectivity index (χ1v) is 10.5. The minimum absolute atomic E-state index is 0.0111. The molecule has 1 fully saturated rings. The Bertz CT molecular complexity index is 945. The van der Waals surface area contributed by atoms with Crippen molar-refractivity contribution in [1.82, 2.24) is 19.8 Å². The lowest BCUT2D eigenvalue weighted by molar-refractivity contribution is -0.0473. The van der Waals surface area contributed by atoms with Gasteiger partial charge in [-0.3, -0.25) is 10.2 Å². The molecule has 0 radical (unpaired) electrons. The fraction of sp³-hybridized carbons (Fsp3) is 0.375. The third-order valence-electron chi connectivity index (χ3n) is 5.75. The number of halogens is 1. The van der Waals surface area contributed by atoms with E-state index < -0.39 is 0 Å². The van der Waals surface area contributed by atoms with Crippen LogP contribution in [0, 0.1) is 5.82 Å². The van der Waals surface area contributed by atoms with Gasteiger partial charge in [0.05, 0.1) is 18.8 Å². The Hall–Kier alpha value is -2.54. The predicted molar refractivity (Wildman–Crippen MR) is 116 cm³/mol. The largest absolute Gasteiger partial charge is 0.374 e. The summed E-state index contributed by atoms with van der Waals surface area (Å²) in [6, 6.07) is 17.0. The highest BCUT2D eigenvalue weighted by Crippen LogP contribution is 2.25. The maximum Gasteiger partial charge on any atom is 0.130 e. The van der Waals surface area contributed by atoms with Crippen LogP contribution in [0.5, 0.6) is 0 Å². The third kappa shape index (κ3) is 4.78. The van der Waals surface area contributed by atoms with Crippen LogP contribution in [-0.4, -0.2) is 46.3 Å². The van der Waals surface area contributed by atoms with E-state index >= 15 is 0 Å². The zero-order valence-electron chi connectivity index (χ0n) is 17.5. The first-order chi connectivity index (χ1) is 14.6. The van der Waals surface area contributed by atoms with Gasteiger partial charge in [-0.1, -0.05) is 48.5 Å². The third-order valence-corrected chi connectivity index (χ3v) is 5.75. The number of hydrogen-bond donors (Lipinski definition) is 1. The lowest BCUT2D eigenvalue weighted by Gasteiger charge is -2.37. The van der Waals surface area contributed by atoms with E-state index in [1.54, 1.807) is 12.3 Å². The molecule has 0 saturated carbocycles. The first-order valence-electron chi connectivity index (χ1n) is 10.5. The lowest BCUT2D eigenvalue weighted by atomic mass is 10.0. The molecule has 30 heavy (non-hydrogen) atoms. The van der Waals surface area contributed by atoms with Crippen LogP contribution < -0.4 is 5.32 Å². The van der Waals surface area contributed by atoms with Crippen LogP contribution in [0.15, 0.2) is 67.0 Å². The molecule has 0 amide bonds. The molecule has 1 aliphatic heterocycles. The SMILES string of the molecule is CC(NC(c1ccccc1F)c1nccn1C)C1CN(Cc2ccccc2)CCO1. The Morgan fingerprint density at radius 3 is 2.67 bits per heavy atom. The van der Waals surface area contributed by atoms with Crippen molar-refractivity contribution in [2.75, 3.05) is 19.7 Å². The molecule has 0 spiro atoms. The molecule has 6 heteroatoms. The lowest BCUT2D eigenvalue weighted by Crippen LogP contribution is -2.51. The summed E-state index contributed by atoms with van der Waals surface area (Å²) in [6.07, 6.45) is 3.64. The number of morpholine rings is 1. The van der Waals surface area contributed by atoms with Gasteiger partial charge in [0.1, 0.15) is 11.6 Å². The van der Waals surface area contributed by atoms with Gasteiger partial charge in [-0.25, -0.2) is 9.37 Å². The number of nitrogens with zero attached hydrogens (tertiary/aromatic N) is 3. The molecule has 1 N–H and O–H groups in total. The van der Waals surface area contributed by atoms with E-state index in [2.05, 4.69) is 46.4 Å². The van der Waals surface area contributed by atoms with Crippen LogP contribution >= 0.6 is 0 Å². The van der Waals surface area contributed by atoms with Gasteiger partial charge in [0.25, 0.3) is 0 Å². The minimum atomic E-state index is -0.353. The van der Waals surface area contributed by atoms with Crippen molar-refractivity contribution in [2.45, 2.75) is 31.7 Å². The fourth-order valence-electron chi connectivity index (χ4n) is 4.06. The summed E-state index contributed by atoms with van der Waals surface area (Å²) >= 11 is 0. The van der Waals surface area contributed by atoms with E-state index in [1.165, 1.54) is 11.6 Å². The summed E-state index contributed by atoms with van der Waals surface area (Å²) in [5.41, 5.74) is 1.90. The minimum Gasteiger partial charge on any atom is -0.374 e. The molecule has 1 aromatic heterocycles. The van der Waals surface area contributed by atoms with Gasteiger partial charge >= 0.3 is 0 Å². The van der Waals surface area contributed by atoms with Crippen molar-refractivity contribution >= 4 is 0 Å². The molecule has 1 aliphatic rings. The summed E-state index contributed by atoms with van der Waals surface area (Å²) in [5.74, 6) is 0.546. The summed E-state index contributed by atoms with van der Waals surface area (Å²) in [5, 5.41) is 3.60. The molecular weight excluding hydrogens is 379 g/mol. The van der Waals surface area contributed by atoms with Crippen molar-refractivity contribution in [3.63, 3.8) is 0 Å². The number of aromatic nitrogens is 2. The number of nitrogens with one attached hydrogen (secondary N) is 1. The van der Waals surface area contributed by atoms with Crippen LogP contribution in [0.2, 0.25) is 0 Å². The van der Waals surface area contributed by atoms with Crippen LogP contribution in [0.4, 0.5) is 4.39 Å². The van der Waals surface area contributed by atoms with Crippen molar-refractivity contribution in [1.29, 1.82) is 0 Å². The van der Waals surface area contributed by atoms with Crippen molar-refractivity contribution in [3.8, 4) is 0 Å². The Morgan fingerprint density at radius 2 is 1.93 bits per heavy atom. The average molecular weight is 409 g/mol. The van der Waals surface area contributed by atoms with Crippen LogP contribution in [0.1, 0.15) is 29.9 Å². The fourth-order valence-corrected chi connectivity index (χ4v) is 4.06. The molecule has 3 atom stereocenters. The maximum atomic E-state index is 14.6. The molecule has 1 saturated heterocycles. The summed E-state index contributed by atoms with van der Waals surface area (Å²) in [7, 11) is 1.93. The van der Waals surface area contributed by atoms with Gasteiger partial charge in [-0.05, 0) is 18.6 Å². The summed E-state index contributed by atoms with van der Waals surface area (Å²) in [4.78, 5) is 6.90. The standard InChI is InChI=1S/C24H29FN4O/c1-18(22-17-29(14-15-30-22)16-19-8-4-3-5-9-19)27-23(24-26-12-13-28(24)2)20-10-6-7-11-21(20)25/h3-13,18,22-23,27H,14-17H2,1-2H3. The van der Waals surface area contributed by atoms with Gasteiger partial charge in [0.2, 0.25) is 0 Å². The first kappa shape index (κ1) is 20.7. The number of aryl methyl sites for hydroxylation is 1. The second kappa shape index (κ2) is 9.51. The van der Waals surface area contributed by atoms with Crippen molar-refractivity contribution in [2.24, 2.45) is 7.05 Å². The second-order valence-electron chi connectivity index (χ2n) is 7.94. The van der Waals surface area contributed by atoms with Crippen LogP contribution in [0.3, 0.4) is 0 Å². The number of benzene rings is 2. The Kier molecular flexibility index (Phi) is 6.57. The van der Waals surface area contributed by atoms with Crippen LogP contribution in [-0.2, 0) is 18.3 Å². The van der Waals surface area contributed by atoms with Gasteiger partial charge in [0, 0.05) is 50.7 Å². The molecule has 0 aliphatic carbocycles. The molecule has 3 aromatic rings. The topological polar surface area (TPSA) is 42.3 Å². The Morgan fingerprint density at radius 1 is 1.17 bits per heavy atom. The van der Waals surface area contributed by atoms with Crippen LogP contribution in [0.25, 0.3) is 0 Å². The smallest absolute Gasteiger partial charge is 0.130 e. The van der Waals surface area contributed by atoms with Gasteiger partial charge < -0.3 is 9.30 Å². The molecule has 0 bridgehead atoms. The normalized spacial score (nSPS) is 19.5. The van der Waals surface area contributed by atoms with Gasteiger partial charge in [-0.15, -0.1) is 0 Å². The highest BCUT2D eigenvalue weighted by atomic mass is 19.1. The predicted octanol–water partition coefficient (Wildman–Crippen LogP) is 3.53.